The van der Waals surface area contributed by atoms with Gasteiger partial charge in [0.25, 0.3) is 0 Å². The molecule has 138 valence electrons. The van der Waals surface area contributed by atoms with Crippen molar-refractivity contribution in [3.63, 3.8) is 0 Å². The summed E-state index contributed by atoms with van der Waals surface area (Å²) in [5.41, 5.74) is 2.70. The number of aromatic nitrogens is 2. The van der Waals surface area contributed by atoms with Gasteiger partial charge < -0.3 is 15.0 Å². The third-order valence-corrected chi connectivity index (χ3v) is 6.77. The van der Waals surface area contributed by atoms with E-state index in [1.807, 2.05) is 30.9 Å². The maximum absolute atomic E-state index is 11.8. The molecule has 7 nitrogen and oxygen atoms in total. The molecule has 1 aromatic carbocycles. The van der Waals surface area contributed by atoms with Crippen LogP contribution in [0.1, 0.15) is 24.2 Å². The smallest absolute Gasteiger partial charge is 0.153 e. The van der Waals surface area contributed by atoms with E-state index in [4.69, 9.17) is 4.74 Å². The van der Waals surface area contributed by atoms with E-state index in [-0.39, 0.29) is 17.6 Å². The highest BCUT2D eigenvalue weighted by atomic mass is 79.9. The van der Waals surface area contributed by atoms with E-state index in [0.717, 1.165) is 32.9 Å². The fourth-order valence-corrected chi connectivity index (χ4v) is 5.15. The molecule has 0 spiro atoms. The highest BCUT2D eigenvalue weighted by molar-refractivity contribution is 9.10. The first-order valence-corrected chi connectivity index (χ1v) is 11.0. The Balaban J connectivity index is 1.76. The summed E-state index contributed by atoms with van der Waals surface area (Å²) < 4.78 is 30.7. The van der Waals surface area contributed by atoms with E-state index in [1.54, 1.807) is 0 Å². The van der Waals surface area contributed by atoms with Crippen LogP contribution in [0.5, 0.6) is 5.75 Å². The van der Waals surface area contributed by atoms with Crippen molar-refractivity contribution in [1.82, 2.24) is 9.97 Å². The van der Waals surface area contributed by atoms with Crippen LogP contribution in [0.2, 0.25) is 0 Å². The number of ether oxygens (including phenoxy) is 1. The second kappa shape index (κ2) is 6.38. The predicted octanol–water partition coefficient (Wildman–Crippen LogP) is 2.98. The topological polar surface area (TPSA) is 84.4 Å². The number of anilines is 3. The van der Waals surface area contributed by atoms with Gasteiger partial charge in [0, 0.05) is 17.6 Å². The molecule has 2 aromatic rings. The Bertz CT molecular complexity index is 966. The van der Waals surface area contributed by atoms with E-state index in [0.29, 0.717) is 18.9 Å². The van der Waals surface area contributed by atoms with E-state index >= 15 is 0 Å². The molecule has 2 aliphatic rings. The zero-order valence-corrected chi connectivity index (χ0v) is 16.9. The van der Waals surface area contributed by atoms with Crippen molar-refractivity contribution in [2.45, 2.75) is 20.0 Å². The number of nitrogens with one attached hydrogen (secondary N) is 1. The molecular weight excluding hydrogens is 420 g/mol. The maximum Gasteiger partial charge on any atom is 0.153 e. The number of aryl methyl sites for hydroxylation is 1. The zero-order chi connectivity index (χ0) is 18.5. The Labute approximate surface area is 160 Å². The minimum absolute atomic E-state index is 0.140. The molecule has 0 saturated carbocycles. The van der Waals surface area contributed by atoms with Crippen molar-refractivity contribution in [2.24, 2.45) is 0 Å². The fraction of sp³-hybridized carbons (Fsp3) is 0.412. The lowest BCUT2D eigenvalue weighted by atomic mass is 10.1. The van der Waals surface area contributed by atoms with Crippen molar-refractivity contribution in [3.05, 3.63) is 34.1 Å². The van der Waals surface area contributed by atoms with E-state index in [1.165, 1.54) is 6.33 Å². The van der Waals surface area contributed by atoms with Gasteiger partial charge in [-0.2, -0.15) is 0 Å². The number of nitrogens with zero attached hydrogens (tertiary/aromatic N) is 3. The van der Waals surface area contributed by atoms with Crippen molar-refractivity contribution in [3.8, 4) is 5.75 Å². The molecule has 9 heteroatoms. The summed E-state index contributed by atoms with van der Waals surface area (Å²) in [5, 5.41) is 3.36. The van der Waals surface area contributed by atoms with Crippen LogP contribution in [-0.2, 0) is 9.84 Å². The van der Waals surface area contributed by atoms with Crippen LogP contribution in [0.4, 0.5) is 17.3 Å². The summed E-state index contributed by atoms with van der Waals surface area (Å²) in [6.45, 7) is 4.81. The molecule has 1 atom stereocenters. The number of hydrogen-bond acceptors (Lipinski definition) is 7. The molecule has 26 heavy (non-hydrogen) atoms. The number of halogens is 1. The minimum atomic E-state index is -2.96. The third-order valence-electron chi connectivity index (χ3n) is 4.70. The molecule has 1 saturated heterocycles. The van der Waals surface area contributed by atoms with Crippen LogP contribution in [0.25, 0.3) is 0 Å². The standard InChI is InChI=1S/C17H19BrN4O3S/c1-10-7-12(18)8-13-15(10)25-11(2)14-16(21-13)19-9-20-17(14)22-3-5-26(23,24)6-4-22/h7-9,11H,3-6H2,1-2H3,(H,19,20,21). The van der Waals surface area contributed by atoms with Gasteiger partial charge in [0.05, 0.1) is 22.8 Å². The average molecular weight is 439 g/mol. The van der Waals surface area contributed by atoms with Crippen LogP contribution >= 0.6 is 15.9 Å². The highest BCUT2D eigenvalue weighted by Crippen LogP contribution is 2.43. The molecule has 1 unspecified atom stereocenters. The summed E-state index contributed by atoms with van der Waals surface area (Å²) in [4.78, 5) is 10.9. The number of benzene rings is 1. The van der Waals surface area contributed by atoms with E-state index < -0.39 is 9.84 Å². The van der Waals surface area contributed by atoms with Crippen molar-refractivity contribution >= 4 is 43.1 Å². The van der Waals surface area contributed by atoms with Gasteiger partial charge in [0.2, 0.25) is 0 Å². The van der Waals surface area contributed by atoms with Crippen LogP contribution < -0.4 is 15.0 Å². The monoisotopic (exact) mass is 438 g/mol. The lowest BCUT2D eigenvalue weighted by Gasteiger charge is -2.30. The lowest BCUT2D eigenvalue weighted by Crippen LogP contribution is -2.41. The Morgan fingerprint density at radius 2 is 2.00 bits per heavy atom. The summed E-state index contributed by atoms with van der Waals surface area (Å²) >= 11 is 3.52. The van der Waals surface area contributed by atoms with Gasteiger partial charge in [0.1, 0.15) is 29.8 Å². The van der Waals surface area contributed by atoms with Crippen LogP contribution in [0, 0.1) is 6.92 Å². The van der Waals surface area contributed by atoms with Gasteiger partial charge >= 0.3 is 0 Å². The SMILES string of the molecule is Cc1cc(Br)cc2c1OC(C)c1c(ncnc1N1CCS(=O)(=O)CC1)N2. The highest BCUT2D eigenvalue weighted by Gasteiger charge is 2.30. The molecule has 3 heterocycles. The van der Waals surface area contributed by atoms with Crippen LogP contribution in [0.3, 0.4) is 0 Å². The Hall–Kier alpha value is -1.87. The molecule has 1 aromatic heterocycles. The van der Waals surface area contributed by atoms with Crippen molar-refractivity contribution in [2.75, 3.05) is 34.8 Å². The second-order valence-corrected chi connectivity index (χ2v) is 9.80. The Kier molecular flexibility index (Phi) is 4.31. The molecular formula is C17H19BrN4O3S. The molecule has 2 aliphatic heterocycles. The molecule has 0 bridgehead atoms. The number of sulfone groups is 1. The second-order valence-electron chi connectivity index (χ2n) is 6.58. The van der Waals surface area contributed by atoms with Gasteiger partial charge in [0.15, 0.2) is 9.84 Å². The zero-order valence-electron chi connectivity index (χ0n) is 14.5. The van der Waals surface area contributed by atoms with Crippen LogP contribution in [0.15, 0.2) is 22.9 Å². The molecule has 4 rings (SSSR count). The number of hydrogen-bond donors (Lipinski definition) is 1. The fourth-order valence-electron chi connectivity index (χ4n) is 3.38. The minimum Gasteiger partial charge on any atom is -0.483 e. The average Bonchev–Trinajstić information content (AvgIpc) is 2.71. The number of fused-ring (bicyclic) bond motifs is 2. The quantitative estimate of drug-likeness (QED) is 0.732. The molecule has 1 fully saturated rings. The van der Waals surface area contributed by atoms with Gasteiger partial charge in [-0.3, -0.25) is 0 Å². The summed E-state index contributed by atoms with van der Waals surface area (Å²) in [7, 11) is -2.96. The van der Waals surface area contributed by atoms with Gasteiger partial charge in [-0.1, -0.05) is 15.9 Å². The van der Waals surface area contributed by atoms with Gasteiger partial charge in [-0.15, -0.1) is 0 Å². The van der Waals surface area contributed by atoms with Crippen molar-refractivity contribution < 1.29 is 13.2 Å². The Morgan fingerprint density at radius 3 is 2.73 bits per heavy atom. The molecule has 0 aliphatic carbocycles. The summed E-state index contributed by atoms with van der Waals surface area (Å²) in [6.07, 6.45) is 1.24. The third kappa shape index (κ3) is 3.14. The molecule has 0 radical (unpaired) electrons. The predicted molar refractivity (Wildman–Crippen MR) is 104 cm³/mol. The summed E-state index contributed by atoms with van der Waals surface area (Å²) in [5.74, 6) is 2.48. The first-order chi connectivity index (χ1) is 12.3. The lowest BCUT2D eigenvalue weighted by molar-refractivity contribution is 0.229. The number of rotatable bonds is 1. The van der Waals surface area contributed by atoms with Gasteiger partial charge in [-0.05, 0) is 31.5 Å². The summed E-state index contributed by atoms with van der Waals surface area (Å²) in [6, 6.07) is 3.96. The normalized spacial score (nSPS) is 21.0. The first kappa shape index (κ1) is 17.5. The maximum atomic E-state index is 11.8. The largest absolute Gasteiger partial charge is 0.483 e. The van der Waals surface area contributed by atoms with Gasteiger partial charge in [-0.25, -0.2) is 18.4 Å². The molecule has 1 N–H and O–H groups in total. The van der Waals surface area contributed by atoms with E-state index in [9.17, 15) is 8.42 Å². The Morgan fingerprint density at radius 1 is 1.27 bits per heavy atom. The van der Waals surface area contributed by atoms with Crippen molar-refractivity contribution in [1.29, 1.82) is 0 Å². The van der Waals surface area contributed by atoms with Crippen LogP contribution in [-0.4, -0.2) is 43.0 Å². The van der Waals surface area contributed by atoms with E-state index in [2.05, 4.69) is 31.2 Å². The first-order valence-electron chi connectivity index (χ1n) is 8.38. The molecule has 0 amide bonds.